The van der Waals surface area contributed by atoms with E-state index in [0.29, 0.717) is 5.56 Å². The van der Waals surface area contributed by atoms with Gasteiger partial charge in [0.05, 0.1) is 6.04 Å². The number of aromatic hydroxyl groups is 1. The summed E-state index contributed by atoms with van der Waals surface area (Å²) in [6.45, 7) is 0. The predicted molar refractivity (Wildman–Crippen MR) is 179 cm³/mol. The topological polar surface area (TPSA) is 216 Å². The minimum absolute atomic E-state index is 0.0546. The fraction of sp³-hybridized carbons (Fsp3) is 0.286. The smallest absolute Gasteiger partial charge is 0.303 e. The lowest BCUT2D eigenvalue weighted by Gasteiger charge is -2.26. The van der Waals surface area contributed by atoms with Gasteiger partial charge in [0, 0.05) is 43.4 Å². The van der Waals surface area contributed by atoms with Gasteiger partial charge in [-0.05, 0) is 47.7 Å². The first kappa shape index (κ1) is 35.2. The second kappa shape index (κ2) is 16.7. The van der Waals surface area contributed by atoms with Crippen molar-refractivity contribution in [1.82, 2.24) is 26.3 Å². The number of hydrogen-bond acceptors (Lipinski definition) is 7. The van der Waals surface area contributed by atoms with Crippen LogP contribution in [0.25, 0.3) is 10.9 Å². The summed E-state index contributed by atoms with van der Waals surface area (Å²) in [6, 6.07) is 18.0. The number of nitrogens with two attached hydrogens (primary N) is 1. The summed E-state index contributed by atoms with van der Waals surface area (Å²) in [6.07, 6.45) is 1.34. The second-order valence-electron chi connectivity index (χ2n) is 11.5. The third-order valence-electron chi connectivity index (χ3n) is 7.90. The fourth-order valence-corrected chi connectivity index (χ4v) is 5.30. The third-order valence-corrected chi connectivity index (χ3v) is 7.90. The van der Waals surface area contributed by atoms with Gasteiger partial charge in [-0.25, -0.2) is 0 Å². The van der Waals surface area contributed by atoms with E-state index >= 15 is 0 Å². The summed E-state index contributed by atoms with van der Waals surface area (Å²) < 4.78 is 0. The molecule has 0 aliphatic carbocycles. The normalized spacial score (nSPS) is 13.5. The molecule has 3 aromatic carbocycles. The number of nitrogens with one attached hydrogen (secondary N) is 5. The first-order chi connectivity index (χ1) is 23.0. The number of carbonyl (C=O) groups excluding carboxylic acids is 4. The van der Waals surface area contributed by atoms with E-state index in [9.17, 15) is 34.2 Å². The van der Waals surface area contributed by atoms with Crippen molar-refractivity contribution < 1.29 is 34.2 Å². The van der Waals surface area contributed by atoms with Crippen LogP contribution in [0.3, 0.4) is 0 Å². The summed E-state index contributed by atoms with van der Waals surface area (Å²) in [7, 11) is 1.43. The molecule has 0 aliphatic heterocycles. The Labute approximate surface area is 277 Å². The molecule has 0 spiro atoms. The zero-order valence-electron chi connectivity index (χ0n) is 26.4. The number of carbonyl (C=O) groups is 5. The average Bonchev–Trinajstić information content (AvgIpc) is 3.49. The van der Waals surface area contributed by atoms with Crippen LogP contribution in [0.1, 0.15) is 29.5 Å². The Kier molecular flexibility index (Phi) is 12.3. The molecule has 48 heavy (non-hydrogen) atoms. The number of fused-ring (bicyclic) bond motifs is 1. The molecule has 13 nitrogen and oxygen atoms in total. The Bertz CT molecular complexity index is 1720. The van der Waals surface area contributed by atoms with Gasteiger partial charge in [0.15, 0.2) is 0 Å². The molecule has 0 radical (unpaired) electrons. The van der Waals surface area contributed by atoms with E-state index in [-0.39, 0.29) is 31.4 Å². The number of H-pyrrole nitrogens is 1. The number of hydrogen-bond donors (Lipinski definition) is 8. The van der Waals surface area contributed by atoms with Crippen molar-refractivity contribution in [2.75, 3.05) is 7.05 Å². The fourth-order valence-electron chi connectivity index (χ4n) is 5.30. The Morgan fingerprint density at radius 1 is 0.708 bits per heavy atom. The van der Waals surface area contributed by atoms with E-state index in [1.54, 1.807) is 48.7 Å². The number of amides is 4. The maximum atomic E-state index is 13.7. The molecule has 0 saturated carbocycles. The molecule has 4 atom stereocenters. The minimum Gasteiger partial charge on any atom is -0.508 e. The molecule has 13 heteroatoms. The molecule has 0 bridgehead atoms. The molecule has 9 N–H and O–H groups in total. The van der Waals surface area contributed by atoms with Crippen LogP contribution in [0.4, 0.5) is 0 Å². The van der Waals surface area contributed by atoms with Gasteiger partial charge in [0.1, 0.15) is 23.9 Å². The molecule has 4 rings (SSSR count). The van der Waals surface area contributed by atoms with Crippen LogP contribution in [0.2, 0.25) is 0 Å². The van der Waals surface area contributed by atoms with Crippen molar-refractivity contribution in [1.29, 1.82) is 0 Å². The highest BCUT2D eigenvalue weighted by atomic mass is 16.4. The number of carboxylic acids is 1. The average molecular weight is 657 g/mol. The number of aliphatic carboxylic acids is 1. The van der Waals surface area contributed by atoms with E-state index in [2.05, 4.69) is 26.3 Å². The number of rotatable bonds is 16. The van der Waals surface area contributed by atoms with Gasteiger partial charge in [-0.1, -0.05) is 60.7 Å². The molecule has 252 valence electrons. The van der Waals surface area contributed by atoms with Crippen LogP contribution < -0.4 is 27.0 Å². The Balaban J connectivity index is 1.52. The zero-order chi connectivity index (χ0) is 34.6. The standard InChI is InChI=1S/C35H40N6O7/c1-37-33(46)30(19-23-20-38-27-10-6-5-9-25(23)27)41-34(47)28(15-16-31(43)44)39-35(48)29(18-21-7-3-2-4-8-21)40-32(45)26(36)17-22-11-13-24(42)14-12-22/h2-14,20,26,28-30,38,42H,15-19,36H2,1H3,(H,37,46)(H,39,48)(H,40,45)(H,41,47)(H,43,44)/t26-,28-,29-,30-/m0/s1. The van der Waals surface area contributed by atoms with Crippen molar-refractivity contribution in [3.63, 3.8) is 0 Å². The summed E-state index contributed by atoms with van der Waals surface area (Å²) in [4.78, 5) is 68.0. The van der Waals surface area contributed by atoms with Crippen molar-refractivity contribution >= 4 is 40.5 Å². The van der Waals surface area contributed by atoms with E-state index in [4.69, 9.17) is 5.73 Å². The number of aromatic nitrogens is 1. The van der Waals surface area contributed by atoms with Crippen LogP contribution in [-0.2, 0) is 43.2 Å². The highest BCUT2D eigenvalue weighted by Gasteiger charge is 2.31. The first-order valence-electron chi connectivity index (χ1n) is 15.5. The highest BCUT2D eigenvalue weighted by Crippen LogP contribution is 2.19. The molecule has 1 aromatic heterocycles. The number of phenolic OH excluding ortho intramolecular Hbond substituents is 1. The van der Waals surface area contributed by atoms with Gasteiger partial charge in [-0.15, -0.1) is 0 Å². The lowest BCUT2D eigenvalue weighted by atomic mass is 10.0. The lowest BCUT2D eigenvalue weighted by Crippen LogP contribution is -2.58. The van der Waals surface area contributed by atoms with Gasteiger partial charge in [0.25, 0.3) is 0 Å². The summed E-state index contributed by atoms with van der Waals surface area (Å²) in [5.41, 5.74) is 9.22. The maximum absolute atomic E-state index is 13.7. The van der Waals surface area contributed by atoms with Gasteiger partial charge in [-0.2, -0.15) is 0 Å². The van der Waals surface area contributed by atoms with Gasteiger partial charge >= 0.3 is 5.97 Å². The molecule has 0 fully saturated rings. The van der Waals surface area contributed by atoms with Crippen LogP contribution in [-0.4, -0.2) is 76.0 Å². The number of aromatic amines is 1. The van der Waals surface area contributed by atoms with Crippen LogP contribution in [0.5, 0.6) is 5.75 Å². The van der Waals surface area contributed by atoms with Gasteiger partial charge < -0.3 is 42.2 Å². The number of carboxylic acid groups (broad SMARTS) is 1. The van der Waals surface area contributed by atoms with Gasteiger partial charge in [-0.3, -0.25) is 24.0 Å². The van der Waals surface area contributed by atoms with Crippen molar-refractivity contribution in [3.05, 3.63) is 102 Å². The molecule has 4 aromatic rings. The minimum atomic E-state index is -1.34. The number of benzene rings is 3. The monoisotopic (exact) mass is 656 g/mol. The number of para-hydroxylation sites is 1. The summed E-state index contributed by atoms with van der Waals surface area (Å²) >= 11 is 0. The Morgan fingerprint density at radius 2 is 1.29 bits per heavy atom. The molecule has 0 saturated heterocycles. The molecular formula is C35H40N6O7. The van der Waals surface area contributed by atoms with E-state index in [1.165, 1.54) is 19.2 Å². The van der Waals surface area contributed by atoms with Crippen molar-refractivity contribution in [3.8, 4) is 5.75 Å². The lowest BCUT2D eigenvalue weighted by molar-refractivity contribution is -0.138. The van der Waals surface area contributed by atoms with Crippen LogP contribution in [0, 0.1) is 0 Å². The van der Waals surface area contributed by atoms with Crippen molar-refractivity contribution in [2.45, 2.75) is 56.3 Å². The SMILES string of the molecule is CNC(=O)[C@H](Cc1c[nH]c2ccccc12)NC(=O)[C@H](CCC(=O)O)NC(=O)[C@H](Cc1ccccc1)NC(=O)[C@@H](N)Cc1ccc(O)cc1. The Morgan fingerprint density at radius 3 is 1.98 bits per heavy atom. The molecule has 4 amide bonds. The zero-order valence-corrected chi connectivity index (χ0v) is 26.4. The maximum Gasteiger partial charge on any atom is 0.303 e. The first-order valence-corrected chi connectivity index (χ1v) is 15.5. The number of phenols is 1. The molecule has 0 unspecified atom stereocenters. The number of likely N-dealkylation sites (N-methyl/N-ethyl adjacent to an activating group) is 1. The highest BCUT2D eigenvalue weighted by molar-refractivity contribution is 5.95. The summed E-state index contributed by atoms with van der Waals surface area (Å²) in [5, 5.41) is 30.3. The molecule has 1 heterocycles. The molecular weight excluding hydrogens is 616 g/mol. The van der Waals surface area contributed by atoms with Crippen molar-refractivity contribution in [2.24, 2.45) is 5.73 Å². The largest absolute Gasteiger partial charge is 0.508 e. The predicted octanol–water partition coefficient (Wildman–Crippen LogP) is 1.29. The second-order valence-corrected chi connectivity index (χ2v) is 11.5. The van der Waals surface area contributed by atoms with Crippen LogP contribution >= 0.6 is 0 Å². The summed E-state index contributed by atoms with van der Waals surface area (Å²) in [5.74, 6) is -3.71. The third kappa shape index (κ3) is 9.90. The quantitative estimate of drug-likeness (QED) is 0.0877. The van der Waals surface area contributed by atoms with Gasteiger partial charge in [0.2, 0.25) is 23.6 Å². The van der Waals surface area contributed by atoms with E-state index in [1.807, 2.05) is 24.3 Å². The van der Waals surface area contributed by atoms with E-state index < -0.39 is 60.2 Å². The van der Waals surface area contributed by atoms with E-state index in [0.717, 1.165) is 22.0 Å². The molecule has 0 aliphatic rings. The van der Waals surface area contributed by atoms with Crippen LogP contribution in [0.15, 0.2) is 85.1 Å². The Hall–Kier alpha value is -5.69.